The van der Waals surface area contributed by atoms with Crippen LogP contribution in [0.25, 0.3) is 0 Å². The van der Waals surface area contributed by atoms with Gasteiger partial charge in [0.1, 0.15) is 11.5 Å². The number of likely N-dealkylation sites (tertiary alicyclic amines) is 1. The van der Waals surface area contributed by atoms with E-state index >= 15 is 0 Å². The van der Waals surface area contributed by atoms with Crippen molar-refractivity contribution in [3.63, 3.8) is 0 Å². The number of hydrogen-bond acceptors (Lipinski definition) is 4. The molecule has 1 aromatic carbocycles. The first-order valence-corrected chi connectivity index (χ1v) is 8.03. The number of piperidine rings is 1. The highest BCUT2D eigenvalue weighted by atomic mass is 16.5. The van der Waals surface area contributed by atoms with E-state index in [4.69, 9.17) is 15.2 Å². The summed E-state index contributed by atoms with van der Waals surface area (Å²) < 4.78 is 10.6. The largest absolute Gasteiger partial charge is 0.497 e. The van der Waals surface area contributed by atoms with Crippen LogP contribution in [0.5, 0.6) is 11.5 Å². The summed E-state index contributed by atoms with van der Waals surface area (Å²) in [6.45, 7) is 2.88. The molecule has 1 saturated heterocycles. The Labute approximate surface area is 142 Å². The number of urea groups is 1. The van der Waals surface area contributed by atoms with Crippen LogP contribution in [0.3, 0.4) is 0 Å². The van der Waals surface area contributed by atoms with Crippen molar-refractivity contribution in [1.29, 1.82) is 0 Å². The third-order valence-corrected chi connectivity index (χ3v) is 4.37. The van der Waals surface area contributed by atoms with Crippen LogP contribution in [0.4, 0.5) is 4.79 Å². The highest BCUT2D eigenvalue weighted by molar-refractivity contribution is 5.81. The van der Waals surface area contributed by atoms with Crippen LogP contribution in [0.1, 0.15) is 31.4 Å². The number of benzene rings is 1. The van der Waals surface area contributed by atoms with E-state index in [0.29, 0.717) is 24.6 Å². The molecule has 0 aliphatic carbocycles. The Morgan fingerprint density at radius 1 is 1.33 bits per heavy atom. The minimum absolute atomic E-state index is 0.0775. The van der Waals surface area contributed by atoms with Crippen molar-refractivity contribution >= 4 is 11.9 Å². The lowest BCUT2D eigenvalue weighted by molar-refractivity contribution is -0.126. The molecule has 3 N–H and O–H groups in total. The monoisotopic (exact) mass is 335 g/mol. The molecule has 1 aliphatic rings. The number of nitrogens with zero attached hydrogens (tertiary/aromatic N) is 1. The van der Waals surface area contributed by atoms with Crippen molar-refractivity contribution in [2.45, 2.75) is 25.8 Å². The smallest absolute Gasteiger partial charge is 0.314 e. The lowest BCUT2D eigenvalue weighted by atomic mass is 9.96. The minimum Gasteiger partial charge on any atom is -0.497 e. The average molecular weight is 335 g/mol. The molecular weight excluding hydrogens is 310 g/mol. The number of methoxy groups -OCH3 is 2. The Morgan fingerprint density at radius 2 is 2.08 bits per heavy atom. The molecule has 0 saturated carbocycles. The molecule has 2 atom stereocenters. The van der Waals surface area contributed by atoms with Crippen molar-refractivity contribution in [1.82, 2.24) is 10.2 Å². The van der Waals surface area contributed by atoms with Gasteiger partial charge in [0.05, 0.1) is 26.2 Å². The summed E-state index contributed by atoms with van der Waals surface area (Å²) in [6.07, 6.45) is 1.53. The fraction of sp³-hybridized carbons (Fsp3) is 0.529. The molecule has 1 aliphatic heterocycles. The zero-order chi connectivity index (χ0) is 17.7. The van der Waals surface area contributed by atoms with E-state index in [1.165, 1.54) is 4.90 Å². The summed E-state index contributed by atoms with van der Waals surface area (Å²) in [5.74, 6) is 1.03. The predicted molar refractivity (Wildman–Crippen MR) is 90.0 cm³/mol. The number of carbonyl (C=O) groups excluding carboxylic acids is 2. The fourth-order valence-corrected chi connectivity index (χ4v) is 2.98. The van der Waals surface area contributed by atoms with Crippen LogP contribution >= 0.6 is 0 Å². The first kappa shape index (κ1) is 17.9. The Balaban J connectivity index is 2.04. The second-order valence-electron chi connectivity index (χ2n) is 5.96. The maximum atomic E-state index is 12.5. The molecule has 1 heterocycles. The van der Waals surface area contributed by atoms with Gasteiger partial charge in [0, 0.05) is 24.7 Å². The second kappa shape index (κ2) is 7.90. The molecule has 24 heavy (non-hydrogen) atoms. The summed E-state index contributed by atoms with van der Waals surface area (Å²) in [5, 5.41) is 3.00. The molecule has 0 unspecified atom stereocenters. The lowest BCUT2D eigenvalue weighted by Gasteiger charge is -2.31. The van der Waals surface area contributed by atoms with E-state index in [9.17, 15) is 9.59 Å². The summed E-state index contributed by atoms with van der Waals surface area (Å²) >= 11 is 0. The molecule has 0 aromatic heterocycles. The van der Waals surface area contributed by atoms with Crippen molar-refractivity contribution in [3.8, 4) is 11.5 Å². The number of primary amides is 1. The van der Waals surface area contributed by atoms with Crippen LogP contribution in [0.15, 0.2) is 18.2 Å². The Morgan fingerprint density at radius 3 is 2.71 bits per heavy atom. The maximum absolute atomic E-state index is 12.5. The third kappa shape index (κ3) is 4.10. The lowest BCUT2D eigenvalue weighted by Crippen LogP contribution is -2.47. The molecule has 7 nitrogen and oxygen atoms in total. The van der Waals surface area contributed by atoms with Gasteiger partial charge in [-0.05, 0) is 31.9 Å². The molecule has 0 spiro atoms. The van der Waals surface area contributed by atoms with Crippen molar-refractivity contribution < 1.29 is 19.1 Å². The SMILES string of the molecule is COc1ccc([C@@H](C)NC(=O)[C@H]2CCCN(C(N)=O)C2)c(OC)c1. The van der Waals surface area contributed by atoms with Crippen LogP contribution < -0.4 is 20.5 Å². The Bertz CT molecular complexity index is 605. The van der Waals surface area contributed by atoms with Gasteiger partial charge in [-0.1, -0.05) is 0 Å². The molecule has 3 amide bonds. The molecule has 2 rings (SSSR count). The highest BCUT2D eigenvalue weighted by Crippen LogP contribution is 2.29. The quantitative estimate of drug-likeness (QED) is 0.856. The summed E-state index contributed by atoms with van der Waals surface area (Å²) in [4.78, 5) is 25.3. The van der Waals surface area contributed by atoms with Gasteiger partial charge in [-0.3, -0.25) is 4.79 Å². The van der Waals surface area contributed by atoms with Gasteiger partial charge in [0.15, 0.2) is 0 Å². The number of carbonyl (C=O) groups is 2. The van der Waals surface area contributed by atoms with E-state index in [1.807, 2.05) is 19.1 Å². The van der Waals surface area contributed by atoms with Gasteiger partial charge in [-0.15, -0.1) is 0 Å². The maximum Gasteiger partial charge on any atom is 0.314 e. The van der Waals surface area contributed by atoms with Gasteiger partial charge in [0.2, 0.25) is 5.91 Å². The minimum atomic E-state index is -0.475. The predicted octanol–water partition coefficient (Wildman–Crippen LogP) is 1.67. The summed E-state index contributed by atoms with van der Waals surface area (Å²) in [5.41, 5.74) is 6.18. The van der Waals surface area contributed by atoms with Gasteiger partial charge < -0.3 is 25.4 Å². The van der Waals surface area contributed by atoms with E-state index in [1.54, 1.807) is 20.3 Å². The van der Waals surface area contributed by atoms with Crippen LogP contribution in [0, 0.1) is 5.92 Å². The number of amides is 3. The Hall–Kier alpha value is -2.44. The molecule has 7 heteroatoms. The normalized spacial score (nSPS) is 18.6. The average Bonchev–Trinajstić information content (AvgIpc) is 2.60. The van der Waals surface area contributed by atoms with Gasteiger partial charge in [-0.2, -0.15) is 0 Å². The fourth-order valence-electron chi connectivity index (χ4n) is 2.98. The summed E-state index contributed by atoms with van der Waals surface area (Å²) in [7, 11) is 3.17. The topological polar surface area (TPSA) is 93.9 Å². The molecule has 0 bridgehead atoms. The second-order valence-corrected chi connectivity index (χ2v) is 5.96. The number of rotatable bonds is 5. The molecule has 0 radical (unpaired) electrons. The van der Waals surface area contributed by atoms with Gasteiger partial charge in [-0.25, -0.2) is 4.79 Å². The number of nitrogens with two attached hydrogens (primary N) is 1. The van der Waals surface area contributed by atoms with E-state index in [-0.39, 0.29) is 17.9 Å². The molecular formula is C17H25N3O4. The Kier molecular flexibility index (Phi) is 5.89. The van der Waals surface area contributed by atoms with Gasteiger partial charge in [0.25, 0.3) is 0 Å². The third-order valence-electron chi connectivity index (χ3n) is 4.37. The standard InChI is InChI=1S/C17H25N3O4/c1-11(14-7-6-13(23-2)9-15(14)24-3)19-16(21)12-5-4-8-20(10-12)17(18)22/h6-7,9,11-12H,4-5,8,10H2,1-3H3,(H2,18,22)(H,19,21)/t11-,12+/m1/s1. The molecule has 132 valence electrons. The van der Waals surface area contributed by atoms with Gasteiger partial charge >= 0.3 is 6.03 Å². The van der Waals surface area contributed by atoms with Crippen molar-refractivity contribution in [2.24, 2.45) is 11.7 Å². The van der Waals surface area contributed by atoms with E-state index in [0.717, 1.165) is 18.4 Å². The van der Waals surface area contributed by atoms with Crippen LogP contribution in [-0.2, 0) is 4.79 Å². The number of hydrogen-bond donors (Lipinski definition) is 2. The van der Waals surface area contributed by atoms with E-state index in [2.05, 4.69) is 5.32 Å². The molecule has 1 fully saturated rings. The number of nitrogens with one attached hydrogen (secondary N) is 1. The zero-order valence-corrected chi connectivity index (χ0v) is 14.4. The van der Waals surface area contributed by atoms with Crippen molar-refractivity contribution in [3.05, 3.63) is 23.8 Å². The van der Waals surface area contributed by atoms with Crippen molar-refractivity contribution in [2.75, 3.05) is 27.3 Å². The van der Waals surface area contributed by atoms with Crippen LogP contribution in [-0.4, -0.2) is 44.1 Å². The van der Waals surface area contributed by atoms with Crippen LogP contribution in [0.2, 0.25) is 0 Å². The zero-order valence-electron chi connectivity index (χ0n) is 14.4. The first-order chi connectivity index (χ1) is 11.5. The first-order valence-electron chi connectivity index (χ1n) is 8.03. The molecule has 1 aromatic rings. The summed E-state index contributed by atoms with van der Waals surface area (Å²) in [6, 6.07) is 4.79. The number of ether oxygens (including phenoxy) is 2. The van der Waals surface area contributed by atoms with E-state index < -0.39 is 6.03 Å². The highest BCUT2D eigenvalue weighted by Gasteiger charge is 2.28.